The van der Waals surface area contributed by atoms with Crippen molar-refractivity contribution in [3.05, 3.63) is 47.0 Å². The SMILES string of the molecule is Cc1cc(-c2c(F)cc(N3CCCC(C(F)(F)F)C3)cc2CNC(=O)C(C)C)cc(C)n1. The van der Waals surface area contributed by atoms with Crippen LogP contribution in [0.5, 0.6) is 0 Å². The molecule has 0 spiro atoms. The van der Waals surface area contributed by atoms with Crippen molar-refractivity contribution in [2.45, 2.75) is 53.3 Å². The normalized spacial score (nSPS) is 17.0. The zero-order chi connectivity index (χ0) is 23.6. The van der Waals surface area contributed by atoms with Crippen molar-refractivity contribution in [2.75, 3.05) is 18.0 Å². The first-order valence-corrected chi connectivity index (χ1v) is 10.8. The first-order chi connectivity index (χ1) is 15.0. The average molecular weight is 452 g/mol. The summed E-state index contributed by atoms with van der Waals surface area (Å²) in [5.41, 5.74) is 3.33. The smallest absolute Gasteiger partial charge is 0.371 e. The van der Waals surface area contributed by atoms with E-state index >= 15 is 4.39 Å². The van der Waals surface area contributed by atoms with Crippen molar-refractivity contribution in [1.82, 2.24) is 10.3 Å². The maximum atomic E-state index is 15.4. The lowest BCUT2D eigenvalue weighted by Crippen LogP contribution is -2.41. The lowest BCUT2D eigenvalue weighted by Gasteiger charge is -2.35. The number of alkyl halides is 3. The number of carbonyl (C=O) groups excluding carboxylic acids is 1. The number of nitrogens with one attached hydrogen (secondary N) is 1. The van der Waals surface area contributed by atoms with Gasteiger partial charge in [-0.2, -0.15) is 13.2 Å². The molecule has 1 aliphatic heterocycles. The van der Waals surface area contributed by atoms with Crippen LogP contribution in [0.2, 0.25) is 0 Å². The molecule has 1 aromatic heterocycles. The van der Waals surface area contributed by atoms with Crippen LogP contribution in [0.25, 0.3) is 11.1 Å². The first kappa shape index (κ1) is 24.0. The number of pyridine rings is 1. The Hall–Kier alpha value is -2.64. The summed E-state index contributed by atoms with van der Waals surface area (Å²) in [5.74, 6) is -2.39. The van der Waals surface area contributed by atoms with E-state index in [-0.39, 0.29) is 31.3 Å². The molecule has 8 heteroatoms. The quantitative estimate of drug-likeness (QED) is 0.606. The van der Waals surface area contributed by atoms with Gasteiger partial charge in [0.2, 0.25) is 5.91 Å². The van der Waals surface area contributed by atoms with Crippen LogP contribution in [-0.2, 0) is 11.3 Å². The van der Waals surface area contributed by atoms with Gasteiger partial charge in [-0.1, -0.05) is 13.8 Å². The molecule has 1 aliphatic rings. The van der Waals surface area contributed by atoms with Crippen molar-refractivity contribution in [3.8, 4) is 11.1 Å². The van der Waals surface area contributed by atoms with Gasteiger partial charge in [0.15, 0.2) is 0 Å². The van der Waals surface area contributed by atoms with Gasteiger partial charge in [-0.15, -0.1) is 0 Å². The molecule has 0 bridgehead atoms. The number of aryl methyl sites for hydroxylation is 2. The lowest BCUT2D eigenvalue weighted by atomic mass is 9.94. The third kappa shape index (κ3) is 5.58. The van der Waals surface area contributed by atoms with Crippen molar-refractivity contribution in [3.63, 3.8) is 0 Å². The Bertz CT molecular complexity index is 968. The van der Waals surface area contributed by atoms with Gasteiger partial charge in [0.25, 0.3) is 0 Å². The highest BCUT2D eigenvalue weighted by molar-refractivity contribution is 5.79. The molecule has 1 saturated heterocycles. The van der Waals surface area contributed by atoms with Gasteiger partial charge < -0.3 is 10.2 Å². The third-order valence-corrected chi connectivity index (χ3v) is 5.75. The average Bonchev–Trinajstić information content (AvgIpc) is 2.70. The Kier molecular flexibility index (Phi) is 7.10. The van der Waals surface area contributed by atoms with Gasteiger partial charge in [-0.25, -0.2) is 4.39 Å². The Morgan fingerprint density at radius 1 is 1.19 bits per heavy atom. The number of piperidine rings is 1. The Balaban J connectivity index is 2.03. The maximum Gasteiger partial charge on any atom is 0.393 e. The molecular weight excluding hydrogens is 422 g/mol. The fourth-order valence-electron chi connectivity index (χ4n) is 4.14. The molecule has 174 valence electrons. The van der Waals surface area contributed by atoms with Crippen LogP contribution in [0.4, 0.5) is 23.2 Å². The van der Waals surface area contributed by atoms with E-state index < -0.39 is 17.9 Å². The van der Waals surface area contributed by atoms with E-state index in [4.69, 9.17) is 0 Å². The van der Waals surface area contributed by atoms with Crippen LogP contribution < -0.4 is 10.2 Å². The van der Waals surface area contributed by atoms with Gasteiger partial charge in [0, 0.05) is 48.2 Å². The molecule has 0 aliphatic carbocycles. The standard InChI is InChI=1S/C24H29F4N3O/c1-14(2)23(32)29-12-18-10-20(31-7-5-6-19(13-31)24(26,27)28)11-21(25)22(18)17-8-15(3)30-16(4)9-17/h8-11,14,19H,5-7,12-13H2,1-4H3,(H,29,32). The molecule has 32 heavy (non-hydrogen) atoms. The summed E-state index contributed by atoms with van der Waals surface area (Å²) in [6, 6.07) is 6.52. The summed E-state index contributed by atoms with van der Waals surface area (Å²) >= 11 is 0. The predicted molar refractivity (Wildman–Crippen MR) is 117 cm³/mol. The van der Waals surface area contributed by atoms with Crippen LogP contribution in [-0.4, -0.2) is 30.2 Å². The number of hydrogen-bond acceptors (Lipinski definition) is 3. The minimum Gasteiger partial charge on any atom is -0.371 e. The van der Waals surface area contributed by atoms with Gasteiger partial charge in [-0.05, 0) is 62.1 Å². The van der Waals surface area contributed by atoms with E-state index in [0.29, 0.717) is 35.3 Å². The molecule has 4 nitrogen and oxygen atoms in total. The molecule has 1 atom stereocenters. The molecule has 0 radical (unpaired) electrons. The third-order valence-electron chi connectivity index (χ3n) is 5.75. The van der Waals surface area contributed by atoms with Crippen LogP contribution in [0.1, 0.15) is 43.6 Å². The molecule has 2 aromatic rings. The summed E-state index contributed by atoms with van der Waals surface area (Å²) < 4.78 is 55.3. The Morgan fingerprint density at radius 3 is 2.44 bits per heavy atom. The van der Waals surface area contributed by atoms with E-state index in [0.717, 1.165) is 11.4 Å². The number of rotatable bonds is 5. The molecule has 1 amide bonds. The Labute approximate surface area is 186 Å². The highest BCUT2D eigenvalue weighted by Crippen LogP contribution is 2.37. The van der Waals surface area contributed by atoms with Crippen molar-refractivity contribution < 1.29 is 22.4 Å². The second-order valence-corrected chi connectivity index (χ2v) is 8.80. The highest BCUT2D eigenvalue weighted by Gasteiger charge is 2.42. The summed E-state index contributed by atoms with van der Waals surface area (Å²) in [6.45, 7) is 7.45. The Morgan fingerprint density at radius 2 is 1.84 bits per heavy atom. The van der Waals surface area contributed by atoms with Crippen LogP contribution >= 0.6 is 0 Å². The molecule has 1 N–H and O–H groups in total. The maximum absolute atomic E-state index is 15.4. The molecule has 1 unspecified atom stereocenters. The molecule has 1 fully saturated rings. The number of carbonyl (C=O) groups is 1. The number of halogens is 4. The largest absolute Gasteiger partial charge is 0.393 e. The summed E-state index contributed by atoms with van der Waals surface area (Å²) in [4.78, 5) is 18.1. The van der Waals surface area contributed by atoms with Crippen LogP contribution in [0.15, 0.2) is 24.3 Å². The van der Waals surface area contributed by atoms with E-state index in [9.17, 15) is 18.0 Å². The topological polar surface area (TPSA) is 45.2 Å². The highest BCUT2D eigenvalue weighted by atomic mass is 19.4. The predicted octanol–water partition coefficient (Wildman–Crippen LogP) is 5.56. The van der Waals surface area contributed by atoms with Gasteiger partial charge in [-0.3, -0.25) is 9.78 Å². The van der Waals surface area contributed by atoms with Gasteiger partial charge in [0.1, 0.15) is 5.82 Å². The number of nitrogens with zero attached hydrogens (tertiary/aromatic N) is 2. The molecule has 1 aromatic carbocycles. The zero-order valence-corrected chi connectivity index (χ0v) is 18.8. The number of benzene rings is 1. The number of anilines is 1. The summed E-state index contributed by atoms with van der Waals surface area (Å²) in [5, 5.41) is 2.81. The molecule has 0 saturated carbocycles. The van der Waals surface area contributed by atoms with Gasteiger partial charge >= 0.3 is 6.18 Å². The monoisotopic (exact) mass is 451 g/mol. The fourth-order valence-corrected chi connectivity index (χ4v) is 4.14. The van der Waals surface area contributed by atoms with Crippen LogP contribution in [0, 0.1) is 31.5 Å². The number of aromatic nitrogens is 1. The number of hydrogen-bond donors (Lipinski definition) is 1. The molecular formula is C24H29F4N3O. The van der Waals surface area contributed by atoms with Crippen molar-refractivity contribution in [2.24, 2.45) is 11.8 Å². The van der Waals surface area contributed by atoms with E-state index in [1.807, 2.05) is 13.8 Å². The fraction of sp³-hybridized carbons (Fsp3) is 0.500. The first-order valence-electron chi connectivity index (χ1n) is 10.8. The van der Waals surface area contributed by atoms with E-state index in [1.54, 1.807) is 36.9 Å². The molecule has 3 rings (SSSR count). The minimum absolute atomic E-state index is 0.0768. The van der Waals surface area contributed by atoms with Gasteiger partial charge in [0.05, 0.1) is 5.92 Å². The van der Waals surface area contributed by atoms with Crippen molar-refractivity contribution in [1.29, 1.82) is 0 Å². The summed E-state index contributed by atoms with van der Waals surface area (Å²) in [6.07, 6.45) is -3.82. The zero-order valence-electron chi connectivity index (χ0n) is 18.8. The molecule has 2 heterocycles. The minimum atomic E-state index is -4.28. The lowest BCUT2D eigenvalue weighted by molar-refractivity contribution is -0.176. The van der Waals surface area contributed by atoms with E-state index in [1.165, 1.54) is 6.07 Å². The van der Waals surface area contributed by atoms with E-state index in [2.05, 4.69) is 10.3 Å². The van der Waals surface area contributed by atoms with Crippen LogP contribution in [0.3, 0.4) is 0 Å². The summed E-state index contributed by atoms with van der Waals surface area (Å²) in [7, 11) is 0. The van der Waals surface area contributed by atoms with Crippen molar-refractivity contribution >= 4 is 11.6 Å². The number of amides is 1. The second-order valence-electron chi connectivity index (χ2n) is 8.80. The second kappa shape index (κ2) is 9.46.